The normalized spacial score (nSPS) is 19.4. The van der Waals surface area contributed by atoms with Crippen LogP contribution in [-0.4, -0.2) is 27.5 Å². The lowest BCUT2D eigenvalue weighted by atomic mass is 9.86. The van der Waals surface area contributed by atoms with Crippen LogP contribution in [-0.2, 0) is 10.0 Å². The Kier molecular flexibility index (Phi) is 6.47. The third-order valence-electron chi connectivity index (χ3n) is 5.52. The third-order valence-corrected chi connectivity index (χ3v) is 7.03. The van der Waals surface area contributed by atoms with Crippen LogP contribution in [0.3, 0.4) is 0 Å². The molecule has 2 atom stereocenters. The van der Waals surface area contributed by atoms with E-state index in [4.69, 9.17) is 4.74 Å². The lowest BCUT2D eigenvalue weighted by Crippen LogP contribution is -2.41. The summed E-state index contributed by atoms with van der Waals surface area (Å²) in [6, 6.07) is 11.7. The fourth-order valence-electron chi connectivity index (χ4n) is 3.74. The summed E-state index contributed by atoms with van der Waals surface area (Å²) in [5.41, 5.74) is 1.25. The number of carbonyl (C=O) groups excluding carboxylic acids is 1. The molecule has 1 aliphatic carbocycles. The smallest absolute Gasteiger partial charge is 0.262 e. The fourth-order valence-corrected chi connectivity index (χ4v) is 5.08. The van der Waals surface area contributed by atoms with Crippen molar-refractivity contribution in [2.45, 2.75) is 50.5 Å². The SMILES string of the molecule is COc1ccccc1NS(=O)(=O)c1cc(C(=O)NC2CCCCC2C)ccc1C. The Hall–Kier alpha value is -2.54. The van der Waals surface area contributed by atoms with E-state index < -0.39 is 10.0 Å². The molecule has 2 N–H and O–H groups in total. The molecule has 0 heterocycles. The summed E-state index contributed by atoms with van der Waals surface area (Å²) in [6.07, 6.45) is 4.35. The molecule has 1 amide bonds. The van der Waals surface area contributed by atoms with Crippen LogP contribution in [0.25, 0.3) is 0 Å². The molecule has 0 aliphatic heterocycles. The van der Waals surface area contributed by atoms with Crippen molar-refractivity contribution in [3.63, 3.8) is 0 Å². The first kappa shape index (κ1) is 21.2. The highest BCUT2D eigenvalue weighted by molar-refractivity contribution is 7.92. The van der Waals surface area contributed by atoms with Crippen LogP contribution in [0.5, 0.6) is 5.75 Å². The summed E-state index contributed by atoms with van der Waals surface area (Å²) >= 11 is 0. The predicted molar refractivity (Wildman–Crippen MR) is 114 cm³/mol. The standard InChI is InChI=1S/C22H28N2O4S/c1-15-8-4-5-9-18(15)23-22(25)17-13-12-16(2)21(14-17)29(26,27)24-19-10-6-7-11-20(19)28-3/h6-7,10-15,18,24H,4-5,8-9H2,1-3H3,(H,23,25). The molecule has 29 heavy (non-hydrogen) atoms. The van der Waals surface area contributed by atoms with Crippen molar-refractivity contribution in [2.75, 3.05) is 11.8 Å². The van der Waals surface area contributed by atoms with Crippen LogP contribution < -0.4 is 14.8 Å². The molecule has 2 aromatic carbocycles. The summed E-state index contributed by atoms with van der Waals surface area (Å²) < 4.78 is 33.8. The number of nitrogens with one attached hydrogen (secondary N) is 2. The quantitative estimate of drug-likeness (QED) is 0.742. The maximum atomic E-state index is 13.0. The minimum absolute atomic E-state index is 0.0766. The van der Waals surface area contributed by atoms with Gasteiger partial charge in [-0.2, -0.15) is 0 Å². The van der Waals surface area contributed by atoms with Gasteiger partial charge < -0.3 is 10.1 Å². The molecule has 6 nitrogen and oxygen atoms in total. The molecule has 0 aromatic heterocycles. The molecule has 1 saturated carbocycles. The number of anilines is 1. The number of carbonyl (C=O) groups is 1. The minimum Gasteiger partial charge on any atom is -0.495 e. The maximum absolute atomic E-state index is 13.0. The number of hydrogen-bond donors (Lipinski definition) is 2. The summed E-state index contributed by atoms with van der Waals surface area (Å²) in [5, 5.41) is 3.08. The van der Waals surface area contributed by atoms with Gasteiger partial charge >= 0.3 is 0 Å². The first-order chi connectivity index (χ1) is 13.8. The van der Waals surface area contributed by atoms with Gasteiger partial charge in [0.15, 0.2) is 0 Å². The van der Waals surface area contributed by atoms with E-state index in [9.17, 15) is 13.2 Å². The van der Waals surface area contributed by atoms with Gasteiger partial charge in [0.05, 0.1) is 17.7 Å². The van der Waals surface area contributed by atoms with E-state index in [1.807, 2.05) is 0 Å². The number of para-hydroxylation sites is 2. The second-order valence-corrected chi connectivity index (χ2v) is 9.28. The first-order valence-corrected chi connectivity index (χ1v) is 11.4. The topological polar surface area (TPSA) is 84.5 Å². The molecular formula is C22H28N2O4S. The van der Waals surface area contributed by atoms with E-state index >= 15 is 0 Å². The number of methoxy groups -OCH3 is 1. The molecular weight excluding hydrogens is 388 g/mol. The van der Waals surface area contributed by atoms with E-state index in [0.717, 1.165) is 19.3 Å². The van der Waals surface area contributed by atoms with Gasteiger partial charge in [0.2, 0.25) is 0 Å². The Morgan fingerprint density at radius 1 is 1.10 bits per heavy atom. The van der Waals surface area contributed by atoms with Crippen LogP contribution >= 0.6 is 0 Å². The second kappa shape index (κ2) is 8.86. The third kappa shape index (κ3) is 4.90. The zero-order valence-electron chi connectivity index (χ0n) is 17.1. The van der Waals surface area contributed by atoms with Gasteiger partial charge in [-0.15, -0.1) is 0 Å². The van der Waals surface area contributed by atoms with Crippen LogP contribution in [0.2, 0.25) is 0 Å². The van der Waals surface area contributed by atoms with Crippen LogP contribution in [0.15, 0.2) is 47.4 Å². The van der Waals surface area contributed by atoms with Crippen molar-refractivity contribution in [3.05, 3.63) is 53.6 Å². The molecule has 0 saturated heterocycles. The number of aryl methyl sites for hydroxylation is 1. The Bertz CT molecular complexity index is 988. The number of sulfonamides is 1. The lowest BCUT2D eigenvalue weighted by Gasteiger charge is -2.29. The molecule has 2 unspecified atom stereocenters. The van der Waals surface area contributed by atoms with Crippen molar-refractivity contribution >= 4 is 21.6 Å². The number of ether oxygens (including phenoxy) is 1. The summed E-state index contributed by atoms with van der Waals surface area (Å²) in [6.45, 7) is 3.86. The van der Waals surface area contributed by atoms with Gasteiger partial charge in [0, 0.05) is 11.6 Å². The monoisotopic (exact) mass is 416 g/mol. The van der Waals surface area contributed by atoms with Gasteiger partial charge in [0.25, 0.3) is 15.9 Å². The molecule has 1 aliphatic rings. The zero-order chi connectivity index (χ0) is 21.0. The van der Waals surface area contributed by atoms with Gasteiger partial charge in [0.1, 0.15) is 5.75 Å². The zero-order valence-corrected chi connectivity index (χ0v) is 17.9. The number of rotatable bonds is 6. The Morgan fingerprint density at radius 3 is 2.55 bits per heavy atom. The number of hydrogen-bond acceptors (Lipinski definition) is 4. The van der Waals surface area contributed by atoms with E-state index in [1.165, 1.54) is 19.6 Å². The highest BCUT2D eigenvalue weighted by Gasteiger charge is 2.25. The van der Waals surface area contributed by atoms with Crippen LogP contribution in [0.4, 0.5) is 5.69 Å². The van der Waals surface area contributed by atoms with E-state index in [0.29, 0.717) is 28.5 Å². The molecule has 0 radical (unpaired) electrons. The van der Waals surface area contributed by atoms with Crippen LogP contribution in [0.1, 0.15) is 48.5 Å². The Balaban J connectivity index is 1.85. The van der Waals surface area contributed by atoms with E-state index in [1.54, 1.807) is 43.3 Å². The van der Waals surface area contributed by atoms with Crippen molar-refractivity contribution in [1.29, 1.82) is 0 Å². The molecule has 0 spiro atoms. The molecule has 0 bridgehead atoms. The van der Waals surface area contributed by atoms with Gasteiger partial charge in [-0.1, -0.05) is 38.0 Å². The van der Waals surface area contributed by atoms with Crippen molar-refractivity contribution < 1.29 is 17.9 Å². The van der Waals surface area contributed by atoms with E-state index in [-0.39, 0.29) is 16.8 Å². The largest absolute Gasteiger partial charge is 0.495 e. The highest BCUT2D eigenvalue weighted by atomic mass is 32.2. The average molecular weight is 417 g/mol. The Morgan fingerprint density at radius 2 is 1.83 bits per heavy atom. The average Bonchev–Trinajstić information content (AvgIpc) is 2.70. The predicted octanol–water partition coefficient (Wildman–Crippen LogP) is 4.11. The lowest BCUT2D eigenvalue weighted by molar-refractivity contribution is 0.0910. The summed E-state index contributed by atoms with van der Waals surface area (Å²) in [7, 11) is -2.40. The molecule has 3 rings (SSSR count). The van der Waals surface area contributed by atoms with Gasteiger partial charge in [-0.05, 0) is 55.5 Å². The minimum atomic E-state index is -3.89. The van der Waals surface area contributed by atoms with Crippen molar-refractivity contribution in [2.24, 2.45) is 5.92 Å². The fraction of sp³-hybridized carbons (Fsp3) is 0.409. The van der Waals surface area contributed by atoms with Gasteiger partial charge in [-0.25, -0.2) is 8.42 Å². The number of amides is 1. The van der Waals surface area contributed by atoms with Crippen LogP contribution in [0, 0.1) is 12.8 Å². The summed E-state index contributed by atoms with van der Waals surface area (Å²) in [5.74, 6) is 0.611. The van der Waals surface area contributed by atoms with Crippen molar-refractivity contribution in [1.82, 2.24) is 5.32 Å². The first-order valence-electron chi connectivity index (χ1n) is 9.89. The summed E-state index contributed by atoms with van der Waals surface area (Å²) in [4.78, 5) is 12.8. The maximum Gasteiger partial charge on any atom is 0.262 e. The molecule has 2 aromatic rings. The van der Waals surface area contributed by atoms with E-state index in [2.05, 4.69) is 17.0 Å². The van der Waals surface area contributed by atoms with Crippen molar-refractivity contribution in [3.8, 4) is 5.75 Å². The second-order valence-electron chi connectivity index (χ2n) is 7.63. The van der Waals surface area contributed by atoms with Gasteiger partial charge in [-0.3, -0.25) is 9.52 Å². The molecule has 156 valence electrons. The molecule has 1 fully saturated rings. The Labute approximate surface area is 172 Å². The number of benzene rings is 2. The highest BCUT2D eigenvalue weighted by Crippen LogP contribution is 2.28. The molecule has 7 heteroatoms.